The molecule has 2 nitrogen and oxygen atoms in total. The molecule has 1 fully saturated rings. The fraction of sp³-hybridized carbons (Fsp3) is 0.500. The second kappa shape index (κ2) is 4.84. The summed E-state index contributed by atoms with van der Waals surface area (Å²) in [6, 6.07) is 2.06. The molecule has 0 bridgehead atoms. The van der Waals surface area contributed by atoms with Gasteiger partial charge >= 0.3 is 0 Å². The number of amides is 1. The lowest BCUT2D eigenvalue weighted by Crippen LogP contribution is -2.29. The van der Waals surface area contributed by atoms with Crippen molar-refractivity contribution in [3.63, 3.8) is 0 Å². The van der Waals surface area contributed by atoms with Crippen molar-refractivity contribution in [2.24, 2.45) is 0 Å². The van der Waals surface area contributed by atoms with E-state index >= 15 is 0 Å². The molecule has 4 heteroatoms. The Hall–Kier alpha value is -0.480. The van der Waals surface area contributed by atoms with Crippen molar-refractivity contribution < 1.29 is 4.79 Å². The number of nitrogens with zero attached hydrogens (tertiary/aromatic N) is 1. The molecule has 1 saturated heterocycles. The van der Waals surface area contributed by atoms with Crippen molar-refractivity contribution in [3.8, 4) is 0 Å². The van der Waals surface area contributed by atoms with Crippen molar-refractivity contribution >= 4 is 29.0 Å². The summed E-state index contributed by atoms with van der Waals surface area (Å²) in [5.41, 5.74) is 0. The van der Waals surface area contributed by atoms with E-state index in [1.54, 1.807) is 23.1 Å². The average Bonchev–Trinajstić information content (AvgIpc) is 2.87. The van der Waals surface area contributed by atoms with Crippen LogP contribution in [0.1, 0.15) is 12.8 Å². The molecule has 0 atom stereocenters. The minimum absolute atomic E-state index is 0.290. The van der Waals surface area contributed by atoms with Gasteiger partial charge in [0.15, 0.2) is 0 Å². The van der Waals surface area contributed by atoms with Crippen LogP contribution in [0.25, 0.3) is 0 Å². The third-order valence-corrected chi connectivity index (χ3v) is 4.13. The second-order valence-corrected chi connectivity index (χ2v) is 5.16. The zero-order chi connectivity index (χ0) is 9.80. The van der Waals surface area contributed by atoms with Crippen molar-refractivity contribution in [3.05, 3.63) is 16.8 Å². The fourth-order valence-corrected chi connectivity index (χ4v) is 3.22. The van der Waals surface area contributed by atoms with E-state index < -0.39 is 0 Å². The van der Waals surface area contributed by atoms with Gasteiger partial charge in [0.25, 0.3) is 0 Å². The summed E-state index contributed by atoms with van der Waals surface area (Å²) in [7, 11) is 0. The first kappa shape index (κ1) is 10.1. The molecule has 1 amide bonds. The molecule has 1 aromatic heterocycles. The molecule has 0 saturated carbocycles. The number of likely N-dealkylation sites (tertiary alicyclic amines) is 1. The number of thiophene rings is 1. The van der Waals surface area contributed by atoms with Gasteiger partial charge in [-0.2, -0.15) is 11.3 Å². The molecule has 1 aliphatic rings. The highest BCUT2D eigenvalue weighted by molar-refractivity contribution is 8.00. The highest BCUT2D eigenvalue weighted by atomic mass is 32.2. The molecule has 2 heterocycles. The third kappa shape index (κ3) is 2.51. The molecular formula is C10H13NOS2. The van der Waals surface area contributed by atoms with Gasteiger partial charge in [-0.05, 0) is 24.3 Å². The summed E-state index contributed by atoms with van der Waals surface area (Å²) in [6.07, 6.45) is 2.35. The quantitative estimate of drug-likeness (QED) is 0.739. The third-order valence-electron chi connectivity index (χ3n) is 2.32. The maximum atomic E-state index is 11.6. The minimum atomic E-state index is 0.290. The Labute approximate surface area is 92.3 Å². The van der Waals surface area contributed by atoms with Gasteiger partial charge in [-0.15, -0.1) is 11.8 Å². The Balaban J connectivity index is 1.77. The minimum Gasteiger partial charge on any atom is -0.342 e. The van der Waals surface area contributed by atoms with E-state index in [0.717, 1.165) is 13.1 Å². The molecule has 2 rings (SSSR count). The van der Waals surface area contributed by atoms with Gasteiger partial charge in [0.1, 0.15) is 0 Å². The number of rotatable bonds is 3. The summed E-state index contributed by atoms with van der Waals surface area (Å²) in [6.45, 7) is 1.92. The second-order valence-electron chi connectivity index (χ2n) is 3.34. The van der Waals surface area contributed by atoms with Crippen LogP contribution in [-0.2, 0) is 4.79 Å². The maximum Gasteiger partial charge on any atom is 0.232 e. The predicted octanol–water partition coefficient (Wildman–Crippen LogP) is 2.46. The fourth-order valence-electron chi connectivity index (χ4n) is 1.54. The van der Waals surface area contributed by atoms with Crippen LogP contribution in [0.3, 0.4) is 0 Å². The van der Waals surface area contributed by atoms with Crippen LogP contribution in [0.15, 0.2) is 21.7 Å². The Bertz CT molecular complexity index is 291. The van der Waals surface area contributed by atoms with E-state index in [2.05, 4.69) is 11.4 Å². The monoisotopic (exact) mass is 227 g/mol. The molecule has 0 aliphatic carbocycles. The lowest BCUT2D eigenvalue weighted by Gasteiger charge is -2.14. The number of thioether (sulfide) groups is 1. The zero-order valence-electron chi connectivity index (χ0n) is 7.94. The molecule has 1 aromatic rings. The van der Waals surface area contributed by atoms with Crippen LogP contribution in [0.2, 0.25) is 0 Å². The molecule has 0 aromatic carbocycles. The molecule has 0 N–H and O–H groups in total. The van der Waals surface area contributed by atoms with Gasteiger partial charge in [0.2, 0.25) is 5.91 Å². The molecule has 0 spiro atoms. The molecule has 1 aliphatic heterocycles. The highest BCUT2D eigenvalue weighted by Gasteiger charge is 2.17. The molecule has 0 unspecified atom stereocenters. The first-order valence-corrected chi connectivity index (χ1v) is 6.72. The van der Waals surface area contributed by atoms with Crippen molar-refractivity contribution in [1.82, 2.24) is 4.90 Å². The van der Waals surface area contributed by atoms with Gasteiger partial charge in [0, 0.05) is 23.4 Å². The van der Waals surface area contributed by atoms with E-state index in [1.165, 1.54) is 17.7 Å². The first-order chi connectivity index (χ1) is 6.86. The van der Waals surface area contributed by atoms with Gasteiger partial charge in [-0.25, -0.2) is 0 Å². The van der Waals surface area contributed by atoms with Crippen LogP contribution in [0, 0.1) is 0 Å². The normalized spacial score (nSPS) is 16.1. The summed E-state index contributed by atoms with van der Waals surface area (Å²) < 4.78 is 0. The number of carbonyl (C=O) groups is 1. The number of hydrogen-bond donors (Lipinski definition) is 0. The molecular weight excluding hydrogens is 214 g/mol. The van der Waals surface area contributed by atoms with Crippen molar-refractivity contribution in [1.29, 1.82) is 0 Å². The maximum absolute atomic E-state index is 11.6. The van der Waals surface area contributed by atoms with E-state index in [9.17, 15) is 4.79 Å². The topological polar surface area (TPSA) is 20.3 Å². The SMILES string of the molecule is O=C(CSc1ccsc1)N1CCCC1. The molecule has 14 heavy (non-hydrogen) atoms. The average molecular weight is 227 g/mol. The standard InChI is InChI=1S/C10H13NOS2/c12-10(11-4-1-2-5-11)8-14-9-3-6-13-7-9/h3,6-7H,1-2,4-5,8H2. The molecule has 76 valence electrons. The van der Waals surface area contributed by atoms with Crippen LogP contribution in [0.4, 0.5) is 0 Å². The number of carbonyl (C=O) groups excluding carboxylic acids is 1. The van der Waals surface area contributed by atoms with Crippen LogP contribution < -0.4 is 0 Å². The zero-order valence-corrected chi connectivity index (χ0v) is 9.57. The van der Waals surface area contributed by atoms with Gasteiger partial charge in [0.05, 0.1) is 5.75 Å². The molecule has 0 radical (unpaired) electrons. The predicted molar refractivity (Wildman–Crippen MR) is 60.9 cm³/mol. The smallest absolute Gasteiger partial charge is 0.232 e. The Morgan fingerprint density at radius 1 is 1.50 bits per heavy atom. The summed E-state index contributed by atoms with van der Waals surface area (Å²) in [4.78, 5) is 14.8. The Kier molecular flexibility index (Phi) is 3.48. The Morgan fingerprint density at radius 2 is 2.29 bits per heavy atom. The van der Waals surface area contributed by atoms with E-state index in [4.69, 9.17) is 0 Å². The first-order valence-electron chi connectivity index (χ1n) is 4.79. The van der Waals surface area contributed by atoms with Gasteiger partial charge < -0.3 is 4.90 Å². The van der Waals surface area contributed by atoms with E-state index in [1.807, 2.05) is 10.3 Å². The summed E-state index contributed by atoms with van der Waals surface area (Å²) >= 11 is 3.32. The largest absolute Gasteiger partial charge is 0.342 e. The van der Waals surface area contributed by atoms with Crippen molar-refractivity contribution in [2.45, 2.75) is 17.7 Å². The van der Waals surface area contributed by atoms with Gasteiger partial charge in [-0.3, -0.25) is 4.79 Å². The number of hydrogen-bond acceptors (Lipinski definition) is 3. The summed E-state index contributed by atoms with van der Waals surface area (Å²) in [5, 5.41) is 4.13. The lowest BCUT2D eigenvalue weighted by molar-refractivity contribution is -0.127. The highest BCUT2D eigenvalue weighted by Crippen LogP contribution is 2.21. The lowest BCUT2D eigenvalue weighted by atomic mass is 10.4. The van der Waals surface area contributed by atoms with Gasteiger partial charge in [-0.1, -0.05) is 0 Å². The van der Waals surface area contributed by atoms with E-state index in [0.29, 0.717) is 11.7 Å². The van der Waals surface area contributed by atoms with Crippen LogP contribution in [-0.4, -0.2) is 29.6 Å². The van der Waals surface area contributed by atoms with Crippen LogP contribution >= 0.6 is 23.1 Å². The van der Waals surface area contributed by atoms with E-state index in [-0.39, 0.29) is 0 Å². The van der Waals surface area contributed by atoms with Crippen molar-refractivity contribution in [2.75, 3.05) is 18.8 Å². The summed E-state index contributed by atoms with van der Waals surface area (Å²) in [5.74, 6) is 0.884. The Morgan fingerprint density at radius 3 is 2.93 bits per heavy atom. The van der Waals surface area contributed by atoms with Crippen LogP contribution in [0.5, 0.6) is 0 Å².